The van der Waals surface area contributed by atoms with Crippen molar-refractivity contribution in [3.05, 3.63) is 64.7 Å². The van der Waals surface area contributed by atoms with Gasteiger partial charge in [-0.15, -0.1) is 0 Å². The van der Waals surface area contributed by atoms with Crippen LogP contribution in [0.3, 0.4) is 0 Å². The Labute approximate surface area is 144 Å². The summed E-state index contributed by atoms with van der Waals surface area (Å²) >= 11 is 0. The molecule has 0 spiro atoms. The van der Waals surface area contributed by atoms with Crippen LogP contribution in [0.4, 0.5) is 0 Å². The van der Waals surface area contributed by atoms with Crippen LogP contribution in [0.15, 0.2) is 42.5 Å². The Kier molecular flexibility index (Phi) is 3.68. The Bertz CT molecular complexity index is 908. The first kappa shape index (κ1) is 15.4. The molecule has 0 saturated heterocycles. The lowest BCUT2D eigenvalue weighted by molar-refractivity contribution is 0.530. The molecule has 3 aromatic rings. The van der Waals surface area contributed by atoms with Gasteiger partial charge in [0.15, 0.2) is 0 Å². The van der Waals surface area contributed by atoms with E-state index in [2.05, 4.69) is 70.2 Å². The number of hydrogen-bond donors (Lipinski definition) is 0. The Balaban J connectivity index is 2.13. The van der Waals surface area contributed by atoms with Crippen molar-refractivity contribution < 1.29 is 0 Å². The van der Waals surface area contributed by atoms with Gasteiger partial charge in [0.25, 0.3) is 0 Å². The molecule has 0 radical (unpaired) electrons. The summed E-state index contributed by atoms with van der Waals surface area (Å²) in [6, 6.07) is 15.3. The maximum absolute atomic E-state index is 5.15. The fourth-order valence-electron chi connectivity index (χ4n) is 4.20. The zero-order chi connectivity index (χ0) is 16.8. The minimum atomic E-state index is 0.574. The van der Waals surface area contributed by atoms with Crippen LogP contribution in [-0.4, -0.2) is 4.98 Å². The summed E-state index contributed by atoms with van der Waals surface area (Å²) in [5.74, 6) is 1.18. The molecule has 1 aromatic heterocycles. The molecule has 0 saturated carbocycles. The smallest absolute Gasteiger partial charge is 0.0747 e. The van der Waals surface area contributed by atoms with Gasteiger partial charge in [-0.2, -0.15) is 0 Å². The summed E-state index contributed by atoms with van der Waals surface area (Å²) in [7, 11) is 0. The molecule has 0 fully saturated rings. The van der Waals surface area contributed by atoms with Gasteiger partial charge in [-0.3, -0.25) is 0 Å². The molecule has 2 aromatic carbocycles. The highest BCUT2D eigenvalue weighted by Crippen LogP contribution is 2.46. The largest absolute Gasteiger partial charge is 0.247 e. The summed E-state index contributed by atoms with van der Waals surface area (Å²) in [5.41, 5.74) is 9.30. The summed E-state index contributed by atoms with van der Waals surface area (Å²) in [6.07, 6.45) is 2.53. The van der Waals surface area contributed by atoms with Crippen LogP contribution in [0.1, 0.15) is 60.8 Å². The number of rotatable bonds is 1. The highest BCUT2D eigenvalue weighted by atomic mass is 14.7. The van der Waals surface area contributed by atoms with Crippen LogP contribution >= 0.6 is 0 Å². The molecule has 2 unspecified atom stereocenters. The molecule has 2 atom stereocenters. The van der Waals surface area contributed by atoms with Crippen molar-refractivity contribution in [1.82, 2.24) is 4.98 Å². The molecule has 4 rings (SSSR count). The number of fused-ring (bicyclic) bond motifs is 3. The van der Waals surface area contributed by atoms with Gasteiger partial charge in [-0.25, -0.2) is 4.98 Å². The van der Waals surface area contributed by atoms with E-state index in [1.807, 2.05) is 0 Å². The van der Waals surface area contributed by atoms with E-state index in [4.69, 9.17) is 4.98 Å². The Morgan fingerprint density at radius 3 is 2.17 bits per heavy atom. The standard InChI is InChI=1S/C23H25N/c1-14-10-11-15(2)22-21(14)19-12-16(3)17(4)13-20(19)24-23(22)18-8-6-5-7-9-18/h5-9,12-15H,10-11H2,1-4H3. The quantitative estimate of drug-likeness (QED) is 0.498. The Morgan fingerprint density at radius 2 is 1.46 bits per heavy atom. The van der Waals surface area contributed by atoms with Crippen molar-refractivity contribution in [2.45, 2.75) is 52.4 Å². The molecule has 1 aliphatic carbocycles. The van der Waals surface area contributed by atoms with Crippen LogP contribution in [0.2, 0.25) is 0 Å². The van der Waals surface area contributed by atoms with Crippen molar-refractivity contribution in [3.63, 3.8) is 0 Å². The zero-order valence-electron chi connectivity index (χ0n) is 15.1. The number of hydrogen-bond acceptors (Lipinski definition) is 1. The first-order valence-corrected chi connectivity index (χ1v) is 9.06. The van der Waals surface area contributed by atoms with Crippen LogP contribution < -0.4 is 0 Å². The van der Waals surface area contributed by atoms with Gasteiger partial charge in [-0.05, 0) is 72.9 Å². The molecular weight excluding hydrogens is 290 g/mol. The number of benzene rings is 2. The second kappa shape index (κ2) is 5.73. The Hall–Kier alpha value is -2.15. The summed E-state index contributed by atoms with van der Waals surface area (Å²) < 4.78 is 0. The molecule has 122 valence electrons. The second-order valence-corrected chi connectivity index (χ2v) is 7.49. The van der Waals surface area contributed by atoms with Gasteiger partial charge in [0.05, 0.1) is 11.2 Å². The van der Waals surface area contributed by atoms with E-state index in [1.165, 1.54) is 46.2 Å². The van der Waals surface area contributed by atoms with Gasteiger partial charge >= 0.3 is 0 Å². The first-order valence-electron chi connectivity index (χ1n) is 9.06. The first-order chi connectivity index (χ1) is 11.6. The fourth-order valence-corrected chi connectivity index (χ4v) is 4.20. The third-order valence-electron chi connectivity index (χ3n) is 5.75. The lowest BCUT2D eigenvalue weighted by Crippen LogP contribution is -2.14. The maximum atomic E-state index is 5.15. The summed E-state index contributed by atoms with van der Waals surface area (Å²) in [4.78, 5) is 5.15. The van der Waals surface area contributed by atoms with E-state index in [-0.39, 0.29) is 0 Å². The summed E-state index contributed by atoms with van der Waals surface area (Å²) in [6.45, 7) is 9.15. The van der Waals surface area contributed by atoms with Gasteiger partial charge in [-0.1, -0.05) is 44.2 Å². The fraction of sp³-hybridized carbons (Fsp3) is 0.348. The van der Waals surface area contributed by atoms with Crippen molar-refractivity contribution in [1.29, 1.82) is 0 Å². The predicted octanol–water partition coefficient (Wildman–Crippen LogP) is 6.52. The van der Waals surface area contributed by atoms with Crippen molar-refractivity contribution in [3.8, 4) is 11.3 Å². The molecule has 1 nitrogen and oxygen atoms in total. The van der Waals surface area contributed by atoms with Crippen LogP contribution in [-0.2, 0) is 0 Å². The van der Waals surface area contributed by atoms with Crippen molar-refractivity contribution in [2.75, 3.05) is 0 Å². The van der Waals surface area contributed by atoms with Crippen LogP contribution in [0.5, 0.6) is 0 Å². The van der Waals surface area contributed by atoms with Gasteiger partial charge in [0.1, 0.15) is 0 Å². The molecular formula is C23H25N. The monoisotopic (exact) mass is 315 g/mol. The van der Waals surface area contributed by atoms with Crippen LogP contribution in [0.25, 0.3) is 22.2 Å². The van der Waals surface area contributed by atoms with Gasteiger partial charge in [0, 0.05) is 10.9 Å². The molecule has 24 heavy (non-hydrogen) atoms. The van der Waals surface area contributed by atoms with E-state index in [9.17, 15) is 0 Å². The minimum absolute atomic E-state index is 0.574. The minimum Gasteiger partial charge on any atom is -0.247 e. The number of aryl methyl sites for hydroxylation is 2. The maximum Gasteiger partial charge on any atom is 0.0747 e. The lowest BCUT2D eigenvalue weighted by atomic mass is 9.75. The summed E-state index contributed by atoms with van der Waals surface area (Å²) in [5, 5.41) is 1.37. The predicted molar refractivity (Wildman–Crippen MR) is 103 cm³/mol. The van der Waals surface area contributed by atoms with E-state index in [0.29, 0.717) is 11.8 Å². The average molecular weight is 315 g/mol. The average Bonchev–Trinajstić information content (AvgIpc) is 2.59. The topological polar surface area (TPSA) is 12.9 Å². The van der Waals surface area contributed by atoms with Crippen molar-refractivity contribution >= 4 is 10.9 Å². The normalized spacial score (nSPS) is 20.2. The molecule has 0 bridgehead atoms. The third kappa shape index (κ3) is 2.34. The van der Waals surface area contributed by atoms with E-state index < -0.39 is 0 Å². The molecule has 0 N–H and O–H groups in total. The second-order valence-electron chi connectivity index (χ2n) is 7.49. The molecule has 1 heteroatoms. The molecule has 0 aliphatic heterocycles. The molecule has 1 aliphatic rings. The van der Waals surface area contributed by atoms with Crippen molar-refractivity contribution in [2.24, 2.45) is 0 Å². The molecule has 1 heterocycles. The van der Waals surface area contributed by atoms with Gasteiger partial charge < -0.3 is 0 Å². The van der Waals surface area contributed by atoms with Gasteiger partial charge in [0.2, 0.25) is 0 Å². The number of nitrogens with zero attached hydrogens (tertiary/aromatic N) is 1. The highest BCUT2D eigenvalue weighted by molar-refractivity contribution is 5.89. The van der Waals surface area contributed by atoms with E-state index >= 15 is 0 Å². The highest BCUT2D eigenvalue weighted by Gasteiger charge is 2.28. The van der Waals surface area contributed by atoms with E-state index in [0.717, 1.165) is 5.52 Å². The Morgan fingerprint density at radius 1 is 0.833 bits per heavy atom. The third-order valence-corrected chi connectivity index (χ3v) is 5.75. The SMILES string of the molecule is Cc1cc2nc(-c3ccccc3)c3c(c2cc1C)C(C)CCC3C. The molecule has 0 amide bonds. The van der Waals surface area contributed by atoms with E-state index in [1.54, 1.807) is 5.56 Å². The zero-order valence-corrected chi connectivity index (χ0v) is 15.1. The number of aromatic nitrogens is 1. The number of pyridine rings is 1. The lowest BCUT2D eigenvalue weighted by Gasteiger charge is -2.31. The van der Waals surface area contributed by atoms with Crippen LogP contribution in [0, 0.1) is 13.8 Å².